The number of nitrogens with two attached hydrogens (primary N) is 1. The second kappa shape index (κ2) is 3.06. The Balaban J connectivity index is 2.23. The van der Waals surface area contributed by atoms with Gasteiger partial charge in [-0.15, -0.1) is 0 Å². The molecule has 0 aliphatic heterocycles. The first kappa shape index (κ1) is 8.90. The molecule has 3 aromatic rings. The highest BCUT2D eigenvalue weighted by atomic mass is 15.3. The summed E-state index contributed by atoms with van der Waals surface area (Å²) in [7, 11) is 1.79. The molecule has 80 valence electrons. The zero-order valence-electron chi connectivity index (χ0n) is 8.68. The molecule has 3 rings (SSSR count). The summed E-state index contributed by atoms with van der Waals surface area (Å²) in [6.07, 6.45) is 3.40. The Kier molecular flexibility index (Phi) is 1.70. The molecule has 3 aromatic heterocycles. The van der Waals surface area contributed by atoms with Gasteiger partial charge < -0.3 is 10.7 Å². The fraction of sp³-hybridized carbons (Fsp3) is 0.100. The molecule has 0 saturated heterocycles. The van der Waals surface area contributed by atoms with E-state index in [1.807, 2.05) is 12.1 Å². The van der Waals surface area contributed by atoms with Crippen molar-refractivity contribution in [2.24, 2.45) is 7.05 Å². The zero-order chi connectivity index (χ0) is 11.1. The number of hydrogen-bond acceptors (Lipinski definition) is 4. The van der Waals surface area contributed by atoms with Gasteiger partial charge in [0.15, 0.2) is 5.65 Å². The Labute approximate surface area is 91.1 Å². The standard InChI is InChI=1S/C10H10N6/c1-16-8(11)6(5-13-16)9-14-7-3-2-4-12-10(7)15-9/h2-5H,11H2,1H3,(H,12,14,15). The van der Waals surface area contributed by atoms with Crippen molar-refractivity contribution in [1.29, 1.82) is 0 Å². The Bertz CT molecular complexity index is 617. The normalized spacial score (nSPS) is 11.1. The maximum Gasteiger partial charge on any atom is 0.178 e. The van der Waals surface area contributed by atoms with E-state index in [2.05, 4.69) is 20.1 Å². The second-order valence-corrected chi connectivity index (χ2v) is 3.53. The fourth-order valence-electron chi connectivity index (χ4n) is 1.60. The van der Waals surface area contributed by atoms with E-state index in [-0.39, 0.29) is 0 Å². The minimum absolute atomic E-state index is 0.582. The van der Waals surface area contributed by atoms with Crippen molar-refractivity contribution in [1.82, 2.24) is 24.7 Å². The van der Waals surface area contributed by atoms with Gasteiger partial charge in [-0.25, -0.2) is 9.97 Å². The lowest BCUT2D eigenvalue weighted by Crippen LogP contribution is -1.98. The van der Waals surface area contributed by atoms with Crippen molar-refractivity contribution in [3.63, 3.8) is 0 Å². The van der Waals surface area contributed by atoms with Crippen molar-refractivity contribution >= 4 is 17.0 Å². The van der Waals surface area contributed by atoms with E-state index in [1.165, 1.54) is 0 Å². The molecule has 0 atom stereocenters. The topological polar surface area (TPSA) is 85.4 Å². The molecule has 0 unspecified atom stereocenters. The van der Waals surface area contributed by atoms with Crippen LogP contribution in [0.1, 0.15) is 0 Å². The van der Waals surface area contributed by atoms with Crippen LogP contribution in [-0.4, -0.2) is 24.7 Å². The molecule has 3 N–H and O–H groups in total. The second-order valence-electron chi connectivity index (χ2n) is 3.53. The molecule has 3 heterocycles. The van der Waals surface area contributed by atoms with Gasteiger partial charge in [-0.2, -0.15) is 5.10 Å². The van der Waals surface area contributed by atoms with Gasteiger partial charge in [-0.05, 0) is 12.1 Å². The monoisotopic (exact) mass is 214 g/mol. The van der Waals surface area contributed by atoms with E-state index in [0.717, 1.165) is 11.1 Å². The number of H-pyrrole nitrogens is 1. The van der Waals surface area contributed by atoms with Crippen LogP contribution in [0.4, 0.5) is 5.82 Å². The van der Waals surface area contributed by atoms with E-state index in [9.17, 15) is 0 Å². The highest BCUT2D eigenvalue weighted by Crippen LogP contribution is 2.23. The summed E-state index contributed by atoms with van der Waals surface area (Å²) in [5, 5.41) is 4.07. The first-order valence-electron chi connectivity index (χ1n) is 4.84. The van der Waals surface area contributed by atoms with Crippen LogP contribution in [-0.2, 0) is 7.05 Å². The smallest absolute Gasteiger partial charge is 0.178 e. The number of nitrogens with one attached hydrogen (secondary N) is 1. The quantitative estimate of drug-likeness (QED) is 0.631. The summed E-state index contributed by atoms with van der Waals surface area (Å²) in [4.78, 5) is 11.7. The van der Waals surface area contributed by atoms with Crippen LogP contribution in [0.15, 0.2) is 24.5 Å². The SMILES string of the molecule is Cn1ncc(-c2nc3ncccc3[nH]2)c1N. The summed E-state index contributed by atoms with van der Waals surface area (Å²) in [6.45, 7) is 0. The number of aromatic nitrogens is 5. The van der Waals surface area contributed by atoms with Crippen molar-refractivity contribution in [2.75, 3.05) is 5.73 Å². The highest BCUT2D eigenvalue weighted by molar-refractivity contribution is 5.78. The Morgan fingerprint density at radius 2 is 2.31 bits per heavy atom. The fourth-order valence-corrected chi connectivity index (χ4v) is 1.60. The summed E-state index contributed by atoms with van der Waals surface area (Å²) < 4.78 is 1.61. The van der Waals surface area contributed by atoms with Crippen LogP contribution in [0.25, 0.3) is 22.6 Å². The predicted octanol–water partition coefficient (Wildman–Crippen LogP) is 0.941. The molecule has 0 amide bonds. The van der Waals surface area contributed by atoms with Crippen LogP contribution in [0.3, 0.4) is 0 Å². The maximum atomic E-state index is 5.88. The first-order chi connectivity index (χ1) is 7.75. The molecular weight excluding hydrogens is 204 g/mol. The minimum Gasteiger partial charge on any atom is -0.383 e. The minimum atomic E-state index is 0.582. The molecule has 6 nitrogen and oxygen atoms in total. The van der Waals surface area contributed by atoms with Crippen molar-refractivity contribution in [2.45, 2.75) is 0 Å². The Morgan fingerprint density at radius 3 is 3.00 bits per heavy atom. The van der Waals surface area contributed by atoms with Crippen LogP contribution in [0, 0.1) is 0 Å². The van der Waals surface area contributed by atoms with Gasteiger partial charge in [0.05, 0.1) is 17.3 Å². The van der Waals surface area contributed by atoms with Crippen LogP contribution in [0.5, 0.6) is 0 Å². The highest BCUT2D eigenvalue weighted by Gasteiger charge is 2.11. The summed E-state index contributed by atoms with van der Waals surface area (Å²) >= 11 is 0. The average molecular weight is 214 g/mol. The van der Waals surface area contributed by atoms with Gasteiger partial charge in [-0.3, -0.25) is 4.68 Å². The Morgan fingerprint density at radius 1 is 1.44 bits per heavy atom. The molecular formula is C10H10N6. The van der Waals surface area contributed by atoms with Crippen molar-refractivity contribution in [3.8, 4) is 11.4 Å². The van der Waals surface area contributed by atoms with Gasteiger partial charge in [0, 0.05) is 13.2 Å². The number of hydrogen-bond donors (Lipinski definition) is 2. The number of rotatable bonds is 1. The third-order valence-corrected chi connectivity index (χ3v) is 2.50. The largest absolute Gasteiger partial charge is 0.383 e. The molecule has 0 aromatic carbocycles. The van der Waals surface area contributed by atoms with Crippen molar-refractivity contribution < 1.29 is 0 Å². The molecule has 0 radical (unpaired) electrons. The van der Waals surface area contributed by atoms with E-state index in [4.69, 9.17) is 5.73 Å². The molecule has 6 heteroatoms. The lowest BCUT2D eigenvalue weighted by Gasteiger charge is -1.95. The van der Waals surface area contributed by atoms with Crippen molar-refractivity contribution in [3.05, 3.63) is 24.5 Å². The number of aromatic amines is 1. The van der Waals surface area contributed by atoms with E-state index in [1.54, 1.807) is 24.1 Å². The van der Waals surface area contributed by atoms with Gasteiger partial charge in [0.25, 0.3) is 0 Å². The third-order valence-electron chi connectivity index (χ3n) is 2.50. The van der Waals surface area contributed by atoms with E-state index >= 15 is 0 Å². The molecule has 0 spiro atoms. The van der Waals surface area contributed by atoms with Gasteiger partial charge in [-0.1, -0.05) is 0 Å². The summed E-state index contributed by atoms with van der Waals surface area (Å²) in [6, 6.07) is 3.78. The number of pyridine rings is 1. The molecule has 0 bridgehead atoms. The predicted molar refractivity (Wildman–Crippen MR) is 60.5 cm³/mol. The molecule has 16 heavy (non-hydrogen) atoms. The Hall–Kier alpha value is -2.37. The van der Waals surface area contributed by atoms with Crippen LogP contribution >= 0.6 is 0 Å². The van der Waals surface area contributed by atoms with E-state index in [0.29, 0.717) is 17.3 Å². The third kappa shape index (κ3) is 1.16. The zero-order valence-corrected chi connectivity index (χ0v) is 8.68. The summed E-state index contributed by atoms with van der Waals surface area (Å²) in [5.41, 5.74) is 8.24. The number of nitrogens with zero attached hydrogens (tertiary/aromatic N) is 4. The van der Waals surface area contributed by atoms with Crippen LogP contribution in [0.2, 0.25) is 0 Å². The van der Waals surface area contributed by atoms with Gasteiger partial charge in [0.1, 0.15) is 11.6 Å². The van der Waals surface area contributed by atoms with Crippen LogP contribution < -0.4 is 5.73 Å². The lowest BCUT2D eigenvalue weighted by atomic mass is 10.3. The van der Waals surface area contributed by atoms with Gasteiger partial charge in [0.2, 0.25) is 0 Å². The number of anilines is 1. The number of aryl methyl sites for hydroxylation is 1. The maximum absolute atomic E-state index is 5.88. The van der Waals surface area contributed by atoms with E-state index < -0.39 is 0 Å². The molecule has 0 saturated carbocycles. The summed E-state index contributed by atoms with van der Waals surface area (Å²) in [5.74, 6) is 1.28. The molecule has 0 aliphatic rings. The number of imidazole rings is 1. The lowest BCUT2D eigenvalue weighted by molar-refractivity contribution is 0.779. The number of fused-ring (bicyclic) bond motifs is 1. The van der Waals surface area contributed by atoms with Gasteiger partial charge >= 0.3 is 0 Å². The molecule has 0 fully saturated rings. The number of nitrogen functional groups attached to an aromatic ring is 1. The first-order valence-corrected chi connectivity index (χ1v) is 4.84. The average Bonchev–Trinajstić information content (AvgIpc) is 2.84. The molecule has 0 aliphatic carbocycles.